The summed E-state index contributed by atoms with van der Waals surface area (Å²) in [5.74, 6) is 0. The van der Waals surface area contributed by atoms with E-state index < -0.39 is 0 Å². The van der Waals surface area contributed by atoms with Gasteiger partial charge in [-0.05, 0) is 55.5 Å². The summed E-state index contributed by atoms with van der Waals surface area (Å²) >= 11 is 3.65. The SMILES string of the molecule is CCC1(CC)CCN(C(CN)c2ccc(C)c(Br)c2)CC1. The van der Waals surface area contributed by atoms with Crippen LogP contribution in [0, 0.1) is 12.3 Å². The lowest BCUT2D eigenvalue weighted by molar-refractivity contribution is 0.0679. The molecule has 0 aromatic heterocycles. The van der Waals surface area contributed by atoms with Gasteiger partial charge in [0.15, 0.2) is 0 Å². The number of halogens is 1. The fourth-order valence-electron chi connectivity index (χ4n) is 3.58. The molecule has 1 atom stereocenters. The van der Waals surface area contributed by atoms with E-state index in [1.165, 1.54) is 54.4 Å². The molecule has 1 aliphatic rings. The average molecular weight is 353 g/mol. The smallest absolute Gasteiger partial charge is 0.0470 e. The number of benzene rings is 1. The van der Waals surface area contributed by atoms with Crippen molar-refractivity contribution >= 4 is 15.9 Å². The summed E-state index contributed by atoms with van der Waals surface area (Å²) in [5.41, 5.74) is 9.30. The molecule has 1 heterocycles. The molecule has 1 aromatic rings. The van der Waals surface area contributed by atoms with E-state index >= 15 is 0 Å². The van der Waals surface area contributed by atoms with Crippen LogP contribution in [0.2, 0.25) is 0 Å². The molecular weight excluding hydrogens is 324 g/mol. The zero-order chi connectivity index (χ0) is 15.5. The Labute approximate surface area is 138 Å². The van der Waals surface area contributed by atoms with Gasteiger partial charge in [-0.1, -0.05) is 54.8 Å². The molecule has 1 fully saturated rings. The molecule has 2 nitrogen and oxygen atoms in total. The van der Waals surface area contributed by atoms with Crippen LogP contribution in [0.25, 0.3) is 0 Å². The van der Waals surface area contributed by atoms with E-state index in [-0.39, 0.29) is 0 Å². The van der Waals surface area contributed by atoms with Crippen LogP contribution in [0.1, 0.15) is 56.7 Å². The lowest BCUT2D eigenvalue weighted by Crippen LogP contribution is -2.43. The summed E-state index contributed by atoms with van der Waals surface area (Å²) in [6.45, 7) is 9.86. The topological polar surface area (TPSA) is 29.3 Å². The monoisotopic (exact) mass is 352 g/mol. The van der Waals surface area contributed by atoms with Crippen LogP contribution in [0.3, 0.4) is 0 Å². The van der Waals surface area contributed by atoms with E-state index in [1.54, 1.807) is 0 Å². The normalized spacial score (nSPS) is 20.4. The average Bonchev–Trinajstić information content (AvgIpc) is 2.52. The Morgan fingerprint density at radius 2 is 1.86 bits per heavy atom. The fourth-order valence-corrected chi connectivity index (χ4v) is 3.98. The first kappa shape index (κ1) is 17.0. The Bertz CT molecular complexity index is 458. The van der Waals surface area contributed by atoms with Crippen LogP contribution >= 0.6 is 15.9 Å². The summed E-state index contributed by atoms with van der Waals surface area (Å²) in [4.78, 5) is 2.58. The van der Waals surface area contributed by atoms with Gasteiger partial charge in [0.2, 0.25) is 0 Å². The van der Waals surface area contributed by atoms with Crippen LogP contribution in [0.5, 0.6) is 0 Å². The number of rotatable bonds is 5. The van der Waals surface area contributed by atoms with Crippen molar-refractivity contribution in [2.45, 2.75) is 52.5 Å². The summed E-state index contributed by atoms with van der Waals surface area (Å²) in [7, 11) is 0. The maximum atomic E-state index is 6.10. The third-order valence-electron chi connectivity index (χ3n) is 5.60. The number of piperidine rings is 1. The van der Waals surface area contributed by atoms with Crippen LogP contribution in [0.15, 0.2) is 22.7 Å². The summed E-state index contributed by atoms with van der Waals surface area (Å²) in [6.07, 6.45) is 5.23. The van der Waals surface area contributed by atoms with E-state index in [0.717, 1.165) is 0 Å². The van der Waals surface area contributed by atoms with E-state index in [1.807, 2.05) is 0 Å². The van der Waals surface area contributed by atoms with Gasteiger partial charge in [0.1, 0.15) is 0 Å². The third kappa shape index (κ3) is 3.69. The highest BCUT2D eigenvalue weighted by Crippen LogP contribution is 2.40. The molecule has 1 unspecified atom stereocenters. The molecule has 0 amide bonds. The van der Waals surface area contributed by atoms with Gasteiger partial charge >= 0.3 is 0 Å². The molecule has 1 saturated heterocycles. The molecule has 1 aliphatic heterocycles. The Kier molecular flexibility index (Phi) is 5.87. The van der Waals surface area contributed by atoms with Crippen LogP contribution in [-0.2, 0) is 0 Å². The highest BCUT2D eigenvalue weighted by Gasteiger charge is 2.33. The maximum Gasteiger partial charge on any atom is 0.0470 e. The molecule has 1 aromatic carbocycles. The summed E-state index contributed by atoms with van der Waals surface area (Å²) in [6, 6.07) is 7.02. The molecule has 21 heavy (non-hydrogen) atoms. The van der Waals surface area contributed by atoms with E-state index in [4.69, 9.17) is 5.73 Å². The van der Waals surface area contributed by atoms with Gasteiger partial charge in [-0.25, -0.2) is 0 Å². The van der Waals surface area contributed by atoms with Gasteiger partial charge in [0.25, 0.3) is 0 Å². The van der Waals surface area contributed by atoms with Crippen molar-refractivity contribution in [2.75, 3.05) is 19.6 Å². The first-order valence-corrected chi connectivity index (χ1v) is 9.04. The lowest BCUT2D eigenvalue weighted by atomic mass is 9.74. The van der Waals surface area contributed by atoms with E-state index in [0.29, 0.717) is 18.0 Å². The number of nitrogens with zero attached hydrogens (tertiary/aromatic N) is 1. The predicted molar refractivity (Wildman–Crippen MR) is 94.5 cm³/mol. The second-order valence-corrected chi connectivity index (χ2v) is 7.36. The lowest BCUT2D eigenvalue weighted by Gasteiger charge is -2.44. The van der Waals surface area contributed by atoms with Gasteiger partial charge in [-0.15, -0.1) is 0 Å². The zero-order valence-corrected chi connectivity index (χ0v) is 15.2. The molecule has 118 valence electrons. The Balaban J connectivity index is 2.11. The van der Waals surface area contributed by atoms with Gasteiger partial charge < -0.3 is 5.73 Å². The van der Waals surface area contributed by atoms with Gasteiger partial charge in [0.05, 0.1) is 0 Å². The molecule has 0 saturated carbocycles. The Hall–Kier alpha value is -0.380. The number of hydrogen-bond acceptors (Lipinski definition) is 2. The van der Waals surface area contributed by atoms with E-state index in [2.05, 4.69) is 59.8 Å². The third-order valence-corrected chi connectivity index (χ3v) is 6.46. The molecule has 2 N–H and O–H groups in total. The first-order valence-electron chi connectivity index (χ1n) is 8.25. The Morgan fingerprint density at radius 3 is 2.33 bits per heavy atom. The highest BCUT2D eigenvalue weighted by molar-refractivity contribution is 9.10. The largest absolute Gasteiger partial charge is 0.329 e. The van der Waals surface area contributed by atoms with Crippen molar-refractivity contribution in [3.8, 4) is 0 Å². The molecule has 3 heteroatoms. The highest BCUT2D eigenvalue weighted by atomic mass is 79.9. The molecule has 0 aliphatic carbocycles. The van der Waals surface area contributed by atoms with Crippen LogP contribution < -0.4 is 5.73 Å². The van der Waals surface area contributed by atoms with Crippen molar-refractivity contribution < 1.29 is 0 Å². The molecule has 2 rings (SSSR count). The maximum absolute atomic E-state index is 6.10. The number of aryl methyl sites for hydroxylation is 1. The van der Waals surface area contributed by atoms with Gasteiger partial charge in [0, 0.05) is 17.1 Å². The Morgan fingerprint density at radius 1 is 1.24 bits per heavy atom. The van der Waals surface area contributed by atoms with Crippen LogP contribution in [-0.4, -0.2) is 24.5 Å². The molecular formula is C18H29BrN2. The minimum atomic E-state index is 0.355. The first-order chi connectivity index (χ1) is 10.0. The molecule has 0 bridgehead atoms. The second-order valence-electron chi connectivity index (χ2n) is 6.50. The zero-order valence-electron chi connectivity index (χ0n) is 13.7. The van der Waals surface area contributed by atoms with Crippen molar-refractivity contribution in [3.63, 3.8) is 0 Å². The second kappa shape index (κ2) is 7.26. The van der Waals surface area contributed by atoms with Crippen molar-refractivity contribution in [2.24, 2.45) is 11.1 Å². The van der Waals surface area contributed by atoms with E-state index in [9.17, 15) is 0 Å². The minimum Gasteiger partial charge on any atom is -0.329 e. The summed E-state index contributed by atoms with van der Waals surface area (Å²) in [5, 5.41) is 0. The molecule has 0 radical (unpaired) electrons. The number of nitrogens with two attached hydrogens (primary N) is 1. The minimum absolute atomic E-state index is 0.355. The van der Waals surface area contributed by atoms with Crippen molar-refractivity contribution in [1.82, 2.24) is 4.90 Å². The van der Waals surface area contributed by atoms with Crippen molar-refractivity contribution in [1.29, 1.82) is 0 Å². The number of hydrogen-bond donors (Lipinski definition) is 1. The van der Waals surface area contributed by atoms with Crippen LogP contribution in [0.4, 0.5) is 0 Å². The number of likely N-dealkylation sites (tertiary alicyclic amines) is 1. The summed E-state index contributed by atoms with van der Waals surface area (Å²) < 4.78 is 1.19. The molecule has 0 spiro atoms. The predicted octanol–water partition coefficient (Wildman–Crippen LogP) is 4.66. The van der Waals surface area contributed by atoms with Crippen molar-refractivity contribution in [3.05, 3.63) is 33.8 Å². The fraction of sp³-hybridized carbons (Fsp3) is 0.667. The quantitative estimate of drug-likeness (QED) is 0.834. The van der Waals surface area contributed by atoms with Gasteiger partial charge in [-0.2, -0.15) is 0 Å². The standard InChI is InChI=1S/C18H29BrN2/c1-4-18(5-2)8-10-21(11-9-18)17(13-20)15-7-6-14(3)16(19)12-15/h6-7,12,17H,4-5,8-11,13,20H2,1-3H3. The van der Waals surface area contributed by atoms with Gasteiger partial charge in [-0.3, -0.25) is 4.90 Å².